The molecule has 254 valence electrons. The number of hydrogen-bond acceptors (Lipinski definition) is 6. The Bertz CT molecular complexity index is 1770. The third-order valence-corrected chi connectivity index (χ3v) is 8.28. The van der Waals surface area contributed by atoms with Crippen molar-refractivity contribution in [3.05, 3.63) is 136 Å². The molecule has 0 atom stereocenters. The number of ether oxygens (including phenoxy) is 2. The van der Waals surface area contributed by atoms with Crippen molar-refractivity contribution in [3.8, 4) is 0 Å². The molecule has 4 rings (SSSR count). The lowest BCUT2D eigenvalue weighted by molar-refractivity contribution is 0.0592. The molecule has 7 nitrogen and oxygen atoms in total. The highest BCUT2D eigenvalue weighted by Gasteiger charge is 2.21. The highest BCUT2D eigenvalue weighted by molar-refractivity contribution is 6.40. The standard InChI is InChI=1S/C17H14Cl3NO3.C17H13Cl3O3.CH4/c1-21(9-10-4-3-5-12(18)6-10)16(22)11-7-13(19)15(14(20)8-11)17(23)24-2;1-23-17(22)16-13(19)8-11(9-14(16)20)15(21)6-5-10-3-2-4-12(18)7-10;/h3-8H,9H2,1-2H3;2-4,7-9H,5-6H2,1H3;1H4. The maximum Gasteiger partial charge on any atom is 0.340 e. The van der Waals surface area contributed by atoms with Gasteiger partial charge in [0.05, 0.1) is 45.4 Å². The van der Waals surface area contributed by atoms with E-state index in [0.717, 1.165) is 11.1 Å². The Kier molecular flexibility index (Phi) is 16.2. The van der Waals surface area contributed by atoms with E-state index in [9.17, 15) is 19.2 Å². The zero-order valence-corrected chi connectivity index (χ0v) is 29.7. The Labute approximate surface area is 309 Å². The first-order valence-electron chi connectivity index (χ1n) is 13.7. The fraction of sp³-hybridized carbons (Fsp3) is 0.200. The van der Waals surface area contributed by atoms with E-state index < -0.39 is 11.9 Å². The summed E-state index contributed by atoms with van der Waals surface area (Å²) in [7, 11) is 4.12. The second kappa shape index (κ2) is 19.0. The van der Waals surface area contributed by atoms with Gasteiger partial charge in [-0.25, -0.2) is 9.59 Å². The van der Waals surface area contributed by atoms with E-state index in [4.69, 9.17) is 69.6 Å². The molecular formula is C35H31Cl6NO6. The summed E-state index contributed by atoms with van der Waals surface area (Å²) in [5.41, 5.74) is 2.59. The topological polar surface area (TPSA) is 90.0 Å². The molecule has 0 saturated heterocycles. The van der Waals surface area contributed by atoms with Crippen molar-refractivity contribution in [1.29, 1.82) is 0 Å². The molecule has 0 spiro atoms. The number of nitrogens with zero attached hydrogens (tertiary/aromatic N) is 1. The Morgan fingerprint density at radius 1 is 0.625 bits per heavy atom. The number of carbonyl (C=O) groups excluding carboxylic acids is 4. The third kappa shape index (κ3) is 11.1. The lowest BCUT2D eigenvalue weighted by Gasteiger charge is -2.18. The molecule has 0 aliphatic carbocycles. The van der Waals surface area contributed by atoms with Crippen LogP contribution < -0.4 is 0 Å². The first-order chi connectivity index (χ1) is 22.2. The fourth-order valence-corrected chi connectivity index (χ4v) is 6.03. The van der Waals surface area contributed by atoms with Crippen LogP contribution in [0, 0.1) is 0 Å². The summed E-state index contributed by atoms with van der Waals surface area (Å²) in [4.78, 5) is 49.6. The molecule has 4 aromatic rings. The van der Waals surface area contributed by atoms with Crippen LogP contribution in [0.3, 0.4) is 0 Å². The molecule has 0 aliphatic rings. The molecule has 48 heavy (non-hydrogen) atoms. The molecule has 0 N–H and O–H groups in total. The van der Waals surface area contributed by atoms with Gasteiger partial charge in [0.25, 0.3) is 5.91 Å². The monoisotopic (exact) mass is 771 g/mol. The molecule has 4 aromatic carbocycles. The van der Waals surface area contributed by atoms with E-state index >= 15 is 0 Å². The Hall–Kier alpha value is -3.30. The Morgan fingerprint density at radius 2 is 1.04 bits per heavy atom. The Morgan fingerprint density at radius 3 is 1.48 bits per heavy atom. The number of ketones is 1. The molecule has 0 bridgehead atoms. The largest absolute Gasteiger partial charge is 0.465 e. The first-order valence-corrected chi connectivity index (χ1v) is 15.9. The lowest BCUT2D eigenvalue weighted by Crippen LogP contribution is -2.26. The number of methoxy groups -OCH3 is 2. The second-order valence-corrected chi connectivity index (χ2v) is 12.5. The van der Waals surface area contributed by atoms with Crippen LogP contribution in [0.15, 0.2) is 72.8 Å². The van der Waals surface area contributed by atoms with Gasteiger partial charge >= 0.3 is 11.9 Å². The minimum atomic E-state index is -0.656. The number of esters is 2. The summed E-state index contributed by atoms with van der Waals surface area (Å²) in [6, 6.07) is 20.2. The number of amides is 1. The molecule has 0 aliphatic heterocycles. The highest BCUT2D eigenvalue weighted by atomic mass is 35.5. The van der Waals surface area contributed by atoms with E-state index in [1.165, 1.54) is 43.4 Å². The van der Waals surface area contributed by atoms with Gasteiger partial charge < -0.3 is 14.4 Å². The average Bonchev–Trinajstić information content (AvgIpc) is 3.02. The lowest BCUT2D eigenvalue weighted by atomic mass is 10.0. The summed E-state index contributed by atoms with van der Waals surface area (Å²) in [5.74, 6) is -1.70. The molecule has 0 unspecified atom stereocenters. The number of rotatable bonds is 9. The molecule has 0 aromatic heterocycles. The van der Waals surface area contributed by atoms with Gasteiger partial charge in [-0.15, -0.1) is 0 Å². The Balaban J connectivity index is 0.000000327. The van der Waals surface area contributed by atoms with Crippen molar-refractivity contribution in [3.63, 3.8) is 0 Å². The quantitative estimate of drug-likeness (QED) is 0.124. The zero-order valence-electron chi connectivity index (χ0n) is 25.2. The van der Waals surface area contributed by atoms with Crippen molar-refractivity contribution >= 4 is 93.2 Å². The van der Waals surface area contributed by atoms with Crippen LogP contribution >= 0.6 is 69.6 Å². The van der Waals surface area contributed by atoms with Gasteiger partial charge in [0.1, 0.15) is 0 Å². The summed E-state index contributed by atoms with van der Waals surface area (Å²) < 4.78 is 9.23. The maximum absolute atomic E-state index is 12.5. The fourth-order valence-electron chi connectivity index (χ4n) is 4.32. The highest BCUT2D eigenvalue weighted by Crippen LogP contribution is 2.29. The van der Waals surface area contributed by atoms with E-state index in [0.29, 0.717) is 28.6 Å². The summed E-state index contributed by atoms with van der Waals surface area (Å²) in [5, 5.41) is 1.54. The second-order valence-electron chi connectivity index (χ2n) is 9.96. The molecule has 0 saturated carbocycles. The van der Waals surface area contributed by atoms with Crippen LogP contribution in [0.1, 0.15) is 66.4 Å². The minimum absolute atomic E-state index is 0. The van der Waals surface area contributed by atoms with Crippen LogP contribution in [0.5, 0.6) is 0 Å². The van der Waals surface area contributed by atoms with Gasteiger partial charge in [0.2, 0.25) is 0 Å². The predicted molar refractivity (Wildman–Crippen MR) is 194 cm³/mol. The van der Waals surface area contributed by atoms with Gasteiger partial charge in [-0.05, 0) is 66.1 Å². The number of hydrogen-bond donors (Lipinski definition) is 0. The first kappa shape index (κ1) is 40.9. The SMILES string of the molecule is C.COC(=O)c1c(Cl)cc(C(=O)CCc2cccc(Cl)c2)cc1Cl.COC(=O)c1c(Cl)cc(C(=O)N(C)Cc2cccc(Cl)c2)cc1Cl. The minimum Gasteiger partial charge on any atom is -0.465 e. The van der Waals surface area contributed by atoms with Gasteiger partial charge in [-0.2, -0.15) is 0 Å². The molecule has 0 radical (unpaired) electrons. The van der Waals surface area contributed by atoms with Crippen molar-refractivity contribution in [2.45, 2.75) is 26.8 Å². The van der Waals surface area contributed by atoms with Crippen LogP contribution in [0.4, 0.5) is 0 Å². The number of aryl methyl sites for hydroxylation is 1. The average molecular weight is 774 g/mol. The molecule has 0 fully saturated rings. The van der Waals surface area contributed by atoms with Crippen molar-refractivity contribution in [1.82, 2.24) is 4.90 Å². The van der Waals surface area contributed by atoms with Crippen molar-refractivity contribution < 1.29 is 28.7 Å². The van der Waals surface area contributed by atoms with Gasteiger partial charge in [0.15, 0.2) is 5.78 Å². The van der Waals surface area contributed by atoms with Crippen LogP contribution in [-0.4, -0.2) is 49.8 Å². The van der Waals surface area contributed by atoms with E-state index in [2.05, 4.69) is 9.47 Å². The normalized spacial score (nSPS) is 10.2. The van der Waals surface area contributed by atoms with E-state index in [1.54, 1.807) is 25.2 Å². The molecule has 0 heterocycles. The van der Waals surface area contributed by atoms with Crippen molar-refractivity contribution in [2.24, 2.45) is 0 Å². The third-order valence-electron chi connectivity index (χ3n) is 6.62. The van der Waals surface area contributed by atoms with Crippen LogP contribution in [0.2, 0.25) is 30.1 Å². The van der Waals surface area contributed by atoms with E-state index in [-0.39, 0.29) is 62.3 Å². The van der Waals surface area contributed by atoms with Gasteiger partial charge in [-0.3, -0.25) is 9.59 Å². The number of benzene rings is 4. The molecular weight excluding hydrogens is 743 g/mol. The van der Waals surface area contributed by atoms with Gasteiger partial charge in [-0.1, -0.05) is 101 Å². The number of Topliss-reactive ketones (excluding diaryl/α,β-unsaturated/α-hetero) is 1. The summed E-state index contributed by atoms with van der Waals surface area (Å²) >= 11 is 36.1. The maximum atomic E-state index is 12.5. The smallest absolute Gasteiger partial charge is 0.340 e. The molecule has 13 heteroatoms. The summed E-state index contributed by atoms with van der Waals surface area (Å²) in [6.07, 6.45) is 0.831. The van der Waals surface area contributed by atoms with E-state index in [1.807, 2.05) is 30.3 Å². The number of halogens is 6. The van der Waals surface area contributed by atoms with Crippen LogP contribution in [-0.2, 0) is 22.4 Å². The summed E-state index contributed by atoms with van der Waals surface area (Å²) in [6.45, 7) is 0.368. The molecule has 1 amide bonds. The van der Waals surface area contributed by atoms with Crippen molar-refractivity contribution in [2.75, 3.05) is 21.3 Å². The van der Waals surface area contributed by atoms with Crippen LogP contribution in [0.25, 0.3) is 0 Å². The predicted octanol–water partition coefficient (Wildman–Crippen LogP) is 10.6. The van der Waals surface area contributed by atoms with Gasteiger partial charge in [0, 0.05) is 41.2 Å². The zero-order chi connectivity index (χ0) is 34.8. The number of carbonyl (C=O) groups is 4.